The summed E-state index contributed by atoms with van der Waals surface area (Å²) in [7, 11) is 0. The molecule has 118 valence electrons. The number of rotatable bonds is 4. The van der Waals surface area contributed by atoms with Gasteiger partial charge in [0.1, 0.15) is 6.61 Å². The van der Waals surface area contributed by atoms with Gasteiger partial charge in [-0.05, 0) is 17.7 Å². The number of hydrogen-bond acceptors (Lipinski definition) is 5. The highest BCUT2D eigenvalue weighted by atomic mass is 35.5. The largest absolute Gasteiger partial charge is 0.470 e. The SMILES string of the molecule is Cl.Clc1cccc(COc2nccnc2N2CCNCC2)c1. The highest BCUT2D eigenvalue weighted by Crippen LogP contribution is 2.24. The number of piperazine rings is 1. The van der Waals surface area contributed by atoms with Gasteiger partial charge in [-0.2, -0.15) is 0 Å². The van der Waals surface area contributed by atoms with E-state index in [2.05, 4.69) is 20.2 Å². The molecule has 1 aromatic carbocycles. The summed E-state index contributed by atoms with van der Waals surface area (Å²) >= 11 is 5.98. The molecule has 1 aromatic heterocycles. The standard InChI is InChI=1S/C15H17ClN4O.ClH/c16-13-3-1-2-12(10-13)11-21-15-14(18-4-5-19-15)20-8-6-17-7-9-20;/h1-5,10,17H,6-9,11H2;1H. The third kappa shape index (κ3) is 4.22. The molecule has 0 saturated carbocycles. The molecule has 2 heterocycles. The average molecular weight is 341 g/mol. The summed E-state index contributed by atoms with van der Waals surface area (Å²) in [5.41, 5.74) is 1.01. The molecule has 2 aromatic rings. The van der Waals surface area contributed by atoms with Crippen LogP contribution in [0.2, 0.25) is 5.02 Å². The first kappa shape index (κ1) is 16.8. The second-order valence-electron chi connectivity index (χ2n) is 4.84. The Morgan fingerprint density at radius 1 is 1.18 bits per heavy atom. The lowest BCUT2D eigenvalue weighted by molar-refractivity contribution is 0.292. The monoisotopic (exact) mass is 340 g/mol. The van der Waals surface area contributed by atoms with Gasteiger partial charge in [-0.3, -0.25) is 0 Å². The molecule has 0 spiro atoms. The van der Waals surface area contributed by atoms with Crippen LogP contribution in [-0.2, 0) is 6.61 Å². The number of nitrogens with one attached hydrogen (secondary N) is 1. The van der Waals surface area contributed by atoms with Crippen molar-refractivity contribution in [3.05, 3.63) is 47.2 Å². The number of hydrogen-bond donors (Lipinski definition) is 1. The average Bonchev–Trinajstić information content (AvgIpc) is 2.54. The highest BCUT2D eigenvalue weighted by molar-refractivity contribution is 6.30. The summed E-state index contributed by atoms with van der Waals surface area (Å²) in [6.45, 7) is 4.14. The van der Waals surface area contributed by atoms with E-state index in [4.69, 9.17) is 16.3 Å². The summed E-state index contributed by atoms with van der Waals surface area (Å²) in [6, 6.07) is 7.63. The normalized spacial score (nSPS) is 14.3. The van der Waals surface area contributed by atoms with Gasteiger partial charge in [0.2, 0.25) is 0 Å². The zero-order valence-corrected chi connectivity index (χ0v) is 13.6. The lowest BCUT2D eigenvalue weighted by atomic mass is 10.2. The van der Waals surface area contributed by atoms with Crippen LogP contribution in [0.15, 0.2) is 36.7 Å². The van der Waals surface area contributed by atoms with Crippen LogP contribution in [0.1, 0.15) is 5.56 Å². The van der Waals surface area contributed by atoms with Crippen molar-refractivity contribution < 1.29 is 4.74 Å². The van der Waals surface area contributed by atoms with E-state index in [1.165, 1.54) is 0 Å². The maximum atomic E-state index is 5.98. The minimum Gasteiger partial charge on any atom is -0.470 e. The third-order valence-corrected chi connectivity index (χ3v) is 3.56. The van der Waals surface area contributed by atoms with Gasteiger partial charge in [0.05, 0.1) is 0 Å². The predicted octanol–water partition coefficient (Wildman–Crippen LogP) is 2.54. The summed E-state index contributed by atoms with van der Waals surface area (Å²) in [4.78, 5) is 10.9. The number of ether oxygens (including phenoxy) is 1. The molecule has 0 radical (unpaired) electrons. The van der Waals surface area contributed by atoms with Crippen LogP contribution in [0.25, 0.3) is 0 Å². The topological polar surface area (TPSA) is 50.3 Å². The highest BCUT2D eigenvalue weighted by Gasteiger charge is 2.17. The van der Waals surface area contributed by atoms with E-state index in [0.717, 1.165) is 37.6 Å². The Morgan fingerprint density at radius 3 is 2.73 bits per heavy atom. The van der Waals surface area contributed by atoms with Crippen molar-refractivity contribution in [3.8, 4) is 5.88 Å². The van der Waals surface area contributed by atoms with Crippen molar-refractivity contribution in [1.29, 1.82) is 0 Å². The molecule has 1 aliphatic heterocycles. The number of halogens is 2. The second kappa shape index (κ2) is 8.17. The van der Waals surface area contributed by atoms with Gasteiger partial charge in [0.25, 0.3) is 5.88 Å². The minimum atomic E-state index is 0. The van der Waals surface area contributed by atoms with E-state index in [-0.39, 0.29) is 12.4 Å². The Kier molecular flexibility index (Phi) is 6.24. The maximum Gasteiger partial charge on any atom is 0.257 e. The van der Waals surface area contributed by atoms with Crippen molar-refractivity contribution in [2.45, 2.75) is 6.61 Å². The molecule has 0 unspecified atom stereocenters. The van der Waals surface area contributed by atoms with Crippen molar-refractivity contribution >= 4 is 29.8 Å². The van der Waals surface area contributed by atoms with E-state index in [9.17, 15) is 0 Å². The van der Waals surface area contributed by atoms with E-state index >= 15 is 0 Å². The summed E-state index contributed by atoms with van der Waals surface area (Å²) in [5.74, 6) is 1.38. The molecule has 0 aliphatic carbocycles. The smallest absolute Gasteiger partial charge is 0.257 e. The maximum absolute atomic E-state index is 5.98. The van der Waals surface area contributed by atoms with E-state index < -0.39 is 0 Å². The Hall–Kier alpha value is -1.56. The van der Waals surface area contributed by atoms with Crippen LogP contribution in [0.4, 0.5) is 5.82 Å². The van der Waals surface area contributed by atoms with Gasteiger partial charge in [-0.25, -0.2) is 9.97 Å². The van der Waals surface area contributed by atoms with Crippen molar-refractivity contribution in [1.82, 2.24) is 15.3 Å². The lowest BCUT2D eigenvalue weighted by Gasteiger charge is -2.28. The number of benzene rings is 1. The molecule has 0 amide bonds. The van der Waals surface area contributed by atoms with Crippen LogP contribution in [0.5, 0.6) is 5.88 Å². The molecule has 7 heteroatoms. The van der Waals surface area contributed by atoms with Gasteiger partial charge in [-0.1, -0.05) is 23.7 Å². The fraction of sp³-hybridized carbons (Fsp3) is 0.333. The molecule has 0 bridgehead atoms. The zero-order chi connectivity index (χ0) is 14.5. The van der Waals surface area contributed by atoms with E-state index in [0.29, 0.717) is 17.5 Å². The first-order valence-corrected chi connectivity index (χ1v) is 7.34. The van der Waals surface area contributed by atoms with Crippen LogP contribution in [-0.4, -0.2) is 36.1 Å². The molecule has 1 aliphatic rings. The van der Waals surface area contributed by atoms with Gasteiger partial charge in [0.15, 0.2) is 5.82 Å². The first-order valence-electron chi connectivity index (χ1n) is 6.97. The summed E-state index contributed by atoms with van der Waals surface area (Å²) in [6.07, 6.45) is 3.35. The fourth-order valence-corrected chi connectivity index (χ4v) is 2.50. The van der Waals surface area contributed by atoms with Crippen molar-refractivity contribution in [3.63, 3.8) is 0 Å². The Morgan fingerprint density at radius 2 is 1.95 bits per heavy atom. The van der Waals surface area contributed by atoms with Gasteiger partial charge in [0, 0.05) is 43.6 Å². The van der Waals surface area contributed by atoms with Gasteiger partial charge >= 0.3 is 0 Å². The third-order valence-electron chi connectivity index (χ3n) is 3.33. The molecular weight excluding hydrogens is 323 g/mol. The summed E-state index contributed by atoms with van der Waals surface area (Å²) < 4.78 is 5.84. The summed E-state index contributed by atoms with van der Waals surface area (Å²) in [5, 5.41) is 4.03. The molecule has 1 fully saturated rings. The van der Waals surface area contributed by atoms with Gasteiger partial charge < -0.3 is 15.0 Å². The molecule has 0 atom stereocenters. The molecule has 5 nitrogen and oxygen atoms in total. The van der Waals surface area contributed by atoms with Gasteiger partial charge in [-0.15, -0.1) is 12.4 Å². The minimum absolute atomic E-state index is 0. The fourth-order valence-electron chi connectivity index (χ4n) is 2.29. The van der Waals surface area contributed by atoms with E-state index in [1.807, 2.05) is 24.3 Å². The van der Waals surface area contributed by atoms with Crippen LogP contribution in [0.3, 0.4) is 0 Å². The molecule has 1 saturated heterocycles. The lowest BCUT2D eigenvalue weighted by Crippen LogP contribution is -2.44. The van der Waals surface area contributed by atoms with Crippen molar-refractivity contribution in [2.75, 3.05) is 31.1 Å². The van der Waals surface area contributed by atoms with Crippen LogP contribution < -0.4 is 15.0 Å². The van der Waals surface area contributed by atoms with Crippen LogP contribution in [0, 0.1) is 0 Å². The Labute approximate surface area is 141 Å². The van der Waals surface area contributed by atoms with E-state index in [1.54, 1.807) is 12.4 Å². The number of nitrogens with zero attached hydrogens (tertiary/aromatic N) is 3. The molecule has 22 heavy (non-hydrogen) atoms. The molecular formula is C15H18Cl2N4O. The number of aromatic nitrogens is 2. The van der Waals surface area contributed by atoms with Crippen molar-refractivity contribution in [2.24, 2.45) is 0 Å². The Bertz CT molecular complexity index is 606. The van der Waals surface area contributed by atoms with Crippen LogP contribution >= 0.6 is 24.0 Å². The Balaban J connectivity index is 0.00000176. The molecule has 1 N–H and O–H groups in total. The predicted molar refractivity (Wildman–Crippen MR) is 90.1 cm³/mol. The quantitative estimate of drug-likeness (QED) is 0.926. The molecule has 3 rings (SSSR count). The zero-order valence-electron chi connectivity index (χ0n) is 12.0. The number of anilines is 1. The second-order valence-corrected chi connectivity index (χ2v) is 5.28. The first-order chi connectivity index (χ1) is 10.3.